The summed E-state index contributed by atoms with van der Waals surface area (Å²) in [6.45, 7) is 9.56. The summed E-state index contributed by atoms with van der Waals surface area (Å²) in [7, 11) is 0. The Bertz CT molecular complexity index is 789. The number of nitriles is 1. The number of halogens is 1. The SMILES string of the molecule is CCN1CCN(c2ccc(Nc3cccc(F)c3C#N)c(C)c2)CC1. The first-order valence-electron chi connectivity index (χ1n) is 8.66. The number of hydrogen-bond donors (Lipinski definition) is 1. The topological polar surface area (TPSA) is 42.3 Å². The lowest BCUT2D eigenvalue weighted by Gasteiger charge is -2.35. The van der Waals surface area contributed by atoms with Crippen molar-refractivity contribution in [3.63, 3.8) is 0 Å². The number of hydrogen-bond acceptors (Lipinski definition) is 4. The van der Waals surface area contributed by atoms with Crippen LogP contribution in [0.5, 0.6) is 0 Å². The highest BCUT2D eigenvalue weighted by Crippen LogP contribution is 2.28. The van der Waals surface area contributed by atoms with Gasteiger partial charge in [-0.2, -0.15) is 5.26 Å². The molecule has 4 nitrogen and oxygen atoms in total. The van der Waals surface area contributed by atoms with Gasteiger partial charge < -0.3 is 15.1 Å². The first-order chi connectivity index (χ1) is 12.1. The Morgan fingerprint density at radius 3 is 2.52 bits per heavy atom. The lowest BCUT2D eigenvalue weighted by Crippen LogP contribution is -2.46. The number of likely N-dealkylation sites (N-methyl/N-ethyl adjacent to an activating group) is 1. The molecule has 0 bridgehead atoms. The van der Waals surface area contributed by atoms with Crippen molar-refractivity contribution in [2.75, 3.05) is 42.9 Å². The third-order valence-electron chi connectivity index (χ3n) is 4.79. The van der Waals surface area contributed by atoms with Gasteiger partial charge in [0, 0.05) is 37.6 Å². The van der Waals surface area contributed by atoms with Crippen LogP contribution >= 0.6 is 0 Å². The summed E-state index contributed by atoms with van der Waals surface area (Å²) in [6, 6.07) is 12.8. The molecule has 1 aliphatic heterocycles. The zero-order chi connectivity index (χ0) is 17.8. The number of nitrogens with zero attached hydrogens (tertiary/aromatic N) is 3. The third kappa shape index (κ3) is 3.75. The van der Waals surface area contributed by atoms with E-state index in [2.05, 4.69) is 34.2 Å². The fourth-order valence-corrected chi connectivity index (χ4v) is 3.19. The van der Waals surface area contributed by atoms with Gasteiger partial charge in [0.05, 0.1) is 5.69 Å². The second-order valence-corrected chi connectivity index (χ2v) is 6.32. The Labute approximate surface area is 148 Å². The largest absolute Gasteiger partial charge is 0.369 e. The fourth-order valence-electron chi connectivity index (χ4n) is 3.19. The van der Waals surface area contributed by atoms with Crippen molar-refractivity contribution in [3.8, 4) is 6.07 Å². The molecule has 5 heteroatoms. The molecular formula is C20H23FN4. The highest BCUT2D eigenvalue weighted by atomic mass is 19.1. The molecule has 130 valence electrons. The first kappa shape index (κ1) is 17.2. The Kier molecular flexibility index (Phi) is 5.20. The van der Waals surface area contributed by atoms with Gasteiger partial charge in [-0.05, 0) is 49.4 Å². The summed E-state index contributed by atoms with van der Waals surface area (Å²) in [6.07, 6.45) is 0. The van der Waals surface area contributed by atoms with Gasteiger partial charge in [0.1, 0.15) is 17.4 Å². The van der Waals surface area contributed by atoms with Crippen LogP contribution in [0.15, 0.2) is 36.4 Å². The Hall–Kier alpha value is -2.58. The van der Waals surface area contributed by atoms with Crippen LogP contribution < -0.4 is 10.2 Å². The van der Waals surface area contributed by atoms with Crippen LogP contribution in [0, 0.1) is 24.1 Å². The second kappa shape index (κ2) is 7.54. The van der Waals surface area contributed by atoms with Crippen molar-refractivity contribution in [1.82, 2.24) is 4.90 Å². The minimum absolute atomic E-state index is 0.0432. The van der Waals surface area contributed by atoms with E-state index < -0.39 is 5.82 Å². The van der Waals surface area contributed by atoms with Crippen molar-refractivity contribution >= 4 is 17.1 Å². The Morgan fingerprint density at radius 2 is 1.88 bits per heavy atom. The minimum atomic E-state index is -0.504. The summed E-state index contributed by atoms with van der Waals surface area (Å²) in [5, 5.41) is 12.4. The van der Waals surface area contributed by atoms with Gasteiger partial charge in [-0.3, -0.25) is 0 Å². The molecule has 0 aliphatic carbocycles. The maximum absolute atomic E-state index is 13.7. The van der Waals surface area contributed by atoms with Crippen LogP contribution in [0.25, 0.3) is 0 Å². The van der Waals surface area contributed by atoms with Crippen molar-refractivity contribution in [3.05, 3.63) is 53.3 Å². The third-order valence-corrected chi connectivity index (χ3v) is 4.79. The van der Waals surface area contributed by atoms with Crippen LogP contribution in [0.4, 0.5) is 21.5 Å². The molecule has 0 atom stereocenters. The average Bonchev–Trinajstić information content (AvgIpc) is 2.63. The van der Waals surface area contributed by atoms with E-state index in [-0.39, 0.29) is 5.56 Å². The van der Waals surface area contributed by atoms with E-state index in [1.807, 2.05) is 19.1 Å². The number of nitrogens with one attached hydrogen (secondary N) is 1. The van der Waals surface area contributed by atoms with Crippen LogP contribution in [0.1, 0.15) is 18.1 Å². The molecule has 1 N–H and O–H groups in total. The zero-order valence-corrected chi connectivity index (χ0v) is 14.7. The monoisotopic (exact) mass is 338 g/mol. The molecule has 2 aromatic rings. The lowest BCUT2D eigenvalue weighted by atomic mass is 10.1. The van der Waals surface area contributed by atoms with Crippen molar-refractivity contribution in [2.45, 2.75) is 13.8 Å². The molecule has 25 heavy (non-hydrogen) atoms. The second-order valence-electron chi connectivity index (χ2n) is 6.32. The quantitative estimate of drug-likeness (QED) is 0.918. The maximum Gasteiger partial charge on any atom is 0.143 e. The van der Waals surface area contributed by atoms with Gasteiger partial charge in [0.25, 0.3) is 0 Å². The van der Waals surface area contributed by atoms with E-state index in [1.165, 1.54) is 11.8 Å². The van der Waals surface area contributed by atoms with Gasteiger partial charge in [-0.15, -0.1) is 0 Å². The van der Waals surface area contributed by atoms with E-state index in [4.69, 9.17) is 5.26 Å². The summed E-state index contributed by atoms with van der Waals surface area (Å²) in [4.78, 5) is 4.85. The summed E-state index contributed by atoms with van der Waals surface area (Å²) < 4.78 is 13.7. The smallest absolute Gasteiger partial charge is 0.143 e. The van der Waals surface area contributed by atoms with E-state index in [0.717, 1.165) is 44.0 Å². The molecule has 2 aromatic carbocycles. The molecule has 0 saturated carbocycles. The standard InChI is InChI=1S/C20H23FN4/c1-3-24-9-11-25(12-10-24)16-7-8-19(15(2)13-16)23-20-6-4-5-18(21)17(20)14-22/h4-8,13,23H,3,9-12H2,1-2H3. The van der Waals surface area contributed by atoms with Gasteiger partial charge >= 0.3 is 0 Å². The first-order valence-corrected chi connectivity index (χ1v) is 8.66. The average molecular weight is 338 g/mol. The van der Waals surface area contributed by atoms with Crippen molar-refractivity contribution < 1.29 is 4.39 Å². The maximum atomic E-state index is 13.7. The number of anilines is 3. The molecule has 0 aromatic heterocycles. The molecule has 0 radical (unpaired) electrons. The molecule has 0 amide bonds. The van der Waals surface area contributed by atoms with Crippen molar-refractivity contribution in [2.24, 2.45) is 0 Å². The molecule has 0 unspecified atom stereocenters. The molecule has 3 rings (SSSR count). The number of piperazine rings is 1. The van der Waals surface area contributed by atoms with Crippen LogP contribution in [0.3, 0.4) is 0 Å². The molecule has 1 aliphatic rings. The summed E-state index contributed by atoms with van der Waals surface area (Å²) in [5.74, 6) is -0.504. The van der Waals surface area contributed by atoms with Gasteiger partial charge in [0.15, 0.2) is 0 Å². The van der Waals surface area contributed by atoms with E-state index in [1.54, 1.807) is 12.1 Å². The van der Waals surface area contributed by atoms with Crippen molar-refractivity contribution in [1.29, 1.82) is 5.26 Å². The molecular weight excluding hydrogens is 315 g/mol. The molecule has 1 fully saturated rings. The van der Waals surface area contributed by atoms with Crippen LogP contribution in [-0.2, 0) is 0 Å². The number of aryl methyl sites for hydroxylation is 1. The predicted octanol–water partition coefficient (Wildman–Crippen LogP) is 3.89. The Balaban J connectivity index is 1.77. The van der Waals surface area contributed by atoms with Gasteiger partial charge in [-0.1, -0.05) is 13.0 Å². The number of benzene rings is 2. The Morgan fingerprint density at radius 1 is 1.12 bits per heavy atom. The molecule has 0 spiro atoms. The minimum Gasteiger partial charge on any atom is -0.369 e. The van der Waals surface area contributed by atoms with E-state index in [0.29, 0.717) is 5.69 Å². The highest BCUT2D eigenvalue weighted by molar-refractivity contribution is 5.70. The van der Waals surface area contributed by atoms with Gasteiger partial charge in [-0.25, -0.2) is 4.39 Å². The number of rotatable bonds is 4. The normalized spacial score (nSPS) is 15.0. The lowest BCUT2D eigenvalue weighted by molar-refractivity contribution is 0.271. The van der Waals surface area contributed by atoms with Crippen LogP contribution in [-0.4, -0.2) is 37.6 Å². The summed E-state index contributed by atoms with van der Waals surface area (Å²) in [5.41, 5.74) is 3.71. The van der Waals surface area contributed by atoms with E-state index in [9.17, 15) is 4.39 Å². The molecule has 1 heterocycles. The van der Waals surface area contributed by atoms with Crippen LogP contribution in [0.2, 0.25) is 0 Å². The fraction of sp³-hybridized carbons (Fsp3) is 0.350. The highest BCUT2D eigenvalue weighted by Gasteiger charge is 2.16. The molecule has 1 saturated heterocycles. The zero-order valence-electron chi connectivity index (χ0n) is 14.7. The van der Waals surface area contributed by atoms with Gasteiger partial charge in [0.2, 0.25) is 0 Å². The summed E-state index contributed by atoms with van der Waals surface area (Å²) >= 11 is 0. The van der Waals surface area contributed by atoms with E-state index >= 15 is 0 Å². The predicted molar refractivity (Wildman–Crippen MR) is 99.9 cm³/mol.